The number of thioether (sulfide) groups is 1. The minimum absolute atomic E-state index is 0.102. The highest BCUT2D eigenvalue weighted by Gasteiger charge is 2.35. The van der Waals surface area contributed by atoms with Crippen molar-refractivity contribution in [1.82, 2.24) is 10.2 Å². The van der Waals surface area contributed by atoms with Gasteiger partial charge in [-0.2, -0.15) is 0 Å². The fourth-order valence-electron chi connectivity index (χ4n) is 2.57. The van der Waals surface area contributed by atoms with Gasteiger partial charge in [0.15, 0.2) is 5.17 Å². The number of carbonyl (C=O) groups is 1. The van der Waals surface area contributed by atoms with Gasteiger partial charge in [0.2, 0.25) is 0 Å². The van der Waals surface area contributed by atoms with Gasteiger partial charge in [-0.1, -0.05) is 72.4 Å². The SMILES string of the molecule is CC1(C)N=C(SCc2ccccc2)NC(=O)N1Cc1ccccc1. The number of amides is 2. The van der Waals surface area contributed by atoms with Crippen molar-refractivity contribution in [1.29, 1.82) is 0 Å². The predicted molar refractivity (Wildman–Crippen MR) is 99.8 cm³/mol. The van der Waals surface area contributed by atoms with E-state index < -0.39 is 5.66 Å². The van der Waals surface area contributed by atoms with Gasteiger partial charge in [0.25, 0.3) is 0 Å². The van der Waals surface area contributed by atoms with Gasteiger partial charge in [0.05, 0.1) is 0 Å². The summed E-state index contributed by atoms with van der Waals surface area (Å²) in [7, 11) is 0. The number of carbonyl (C=O) groups excluding carboxylic acids is 1. The van der Waals surface area contributed by atoms with Gasteiger partial charge >= 0.3 is 6.03 Å². The third kappa shape index (κ3) is 3.97. The van der Waals surface area contributed by atoms with E-state index in [4.69, 9.17) is 4.99 Å². The monoisotopic (exact) mass is 339 g/mol. The lowest BCUT2D eigenvalue weighted by atomic mass is 10.1. The summed E-state index contributed by atoms with van der Waals surface area (Å²) in [6, 6.07) is 20.1. The lowest BCUT2D eigenvalue weighted by Crippen LogP contribution is -2.56. The van der Waals surface area contributed by atoms with Crippen LogP contribution in [-0.4, -0.2) is 21.8 Å². The molecule has 0 fully saturated rings. The van der Waals surface area contributed by atoms with Crippen LogP contribution in [0.1, 0.15) is 25.0 Å². The van der Waals surface area contributed by atoms with Crippen LogP contribution >= 0.6 is 11.8 Å². The van der Waals surface area contributed by atoms with E-state index in [-0.39, 0.29) is 6.03 Å². The Labute approximate surface area is 147 Å². The molecule has 4 nitrogen and oxygen atoms in total. The van der Waals surface area contributed by atoms with Crippen molar-refractivity contribution in [2.24, 2.45) is 4.99 Å². The summed E-state index contributed by atoms with van der Waals surface area (Å²) >= 11 is 1.56. The van der Waals surface area contributed by atoms with E-state index in [9.17, 15) is 4.79 Å². The Bertz CT molecular complexity index is 729. The van der Waals surface area contributed by atoms with Crippen molar-refractivity contribution in [3.63, 3.8) is 0 Å². The molecule has 1 N–H and O–H groups in total. The molecule has 2 amide bonds. The van der Waals surface area contributed by atoms with Crippen molar-refractivity contribution in [3.8, 4) is 0 Å². The fraction of sp³-hybridized carbons (Fsp3) is 0.263. The van der Waals surface area contributed by atoms with Gasteiger partial charge in [-0.25, -0.2) is 9.79 Å². The number of aliphatic imine (C=N–C) groups is 1. The number of amidine groups is 1. The van der Waals surface area contributed by atoms with Crippen LogP contribution in [-0.2, 0) is 12.3 Å². The quantitative estimate of drug-likeness (QED) is 0.905. The third-order valence-corrected chi connectivity index (χ3v) is 4.84. The van der Waals surface area contributed by atoms with Gasteiger partial charge in [0.1, 0.15) is 5.66 Å². The molecule has 124 valence electrons. The van der Waals surface area contributed by atoms with Gasteiger partial charge in [0, 0.05) is 12.3 Å². The van der Waals surface area contributed by atoms with Crippen LogP contribution in [0.2, 0.25) is 0 Å². The highest BCUT2D eigenvalue weighted by Crippen LogP contribution is 2.26. The number of hydrogen-bond acceptors (Lipinski definition) is 3. The van der Waals surface area contributed by atoms with Crippen LogP contribution < -0.4 is 5.32 Å². The molecule has 0 bridgehead atoms. The normalized spacial score (nSPS) is 16.5. The first kappa shape index (κ1) is 16.6. The summed E-state index contributed by atoms with van der Waals surface area (Å²) in [6.45, 7) is 4.48. The van der Waals surface area contributed by atoms with Crippen LogP contribution in [0.25, 0.3) is 0 Å². The summed E-state index contributed by atoms with van der Waals surface area (Å²) in [5.41, 5.74) is 1.73. The molecule has 0 saturated carbocycles. The number of urea groups is 1. The number of rotatable bonds is 4. The molecular formula is C19H21N3OS. The molecule has 24 heavy (non-hydrogen) atoms. The Morgan fingerprint density at radius 2 is 1.58 bits per heavy atom. The maximum atomic E-state index is 12.6. The Balaban J connectivity index is 1.70. The van der Waals surface area contributed by atoms with Gasteiger partial charge in [-0.05, 0) is 25.0 Å². The maximum absolute atomic E-state index is 12.6. The molecule has 0 saturated heterocycles. The second kappa shape index (κ2) is 7.09. The number of nitrogens with one attached hydrogen (secondary N) is 1. The van der Waals surface area contributed by atoms with Gasteiger partial charge in [-0.3, -0.25) is 10.2 Å². The molecule has 1 aliphatic heterocycles. The largest absolute Gasteiger partial charge is 0.325 e. The molecular weight excluding hydrogens is 318 g/mol. The smallest absolute Gasteiger partial charge is 0.296 e. The zero-order chi connectivity index (χ0) is 17.0. The van der Waals surface area contributed by atoms with Gasteiger partial charge < -0.3 is 0 Å². The minimum atomic E-state index is -0.572. The predicted octanol–water partition coefficient (Wildman–Crippen LogP) is 4.24. The highest BCUT2D eigenvalue weighted by molar-refractivity contribution is 8.13. The van der Waals surface area contributed by atoms with Gasteiger partial charge in [-0.15, -0.1) is 0 Å². The van der Waals surface area contributed by atoms with E-state index >= 15 is 0 Å². The van der Waals surface area contributed by atoms with Crippen LogP contribution in [0.3, 0.4) is 0 Å². The lowest BCUT2D eigenvalue weighted by molar-refractivity contribution is 0.132. The van der Waals surface area contributed by atoms with Crippen molar-refractivity contribution in [3.05, 3.63) is 71.8 Å². The summed E-state index contributed by atoms with van der Waals surface area (Å²) in [5, 5.41) is 3.59. The van der Waals surface area contributed by atoms with Crippen molar-refractivity contribution < 1.29 is 4.79 Å². The average Bonchev–Trinajstić information content (AvgIpc) is 2.58. The van der Waals surface area contributed by atoms with E-state index in [1.807, 2.05) is 62.4 Å². The van der Waals surface area contributed by atoms with E-state index in [1.165, 1.54) is 5.56 Å². The van der Waals surface area contributed by atoms with Crippen LogP contribution in [0.5, 0.6) is 0 Å². The average molecular weight is 339 g/mol. The number of nitrogens with zero attached hydrogens (tertiary/aromatic N) is 2. The topological polar surface area (TPSA) is 44.7 Å². The van der Waals surface area contributed by atoms with Crippen molar-refractivity contribution >= 4 is 23.0 Å². The van der Waals surface area contributed by atoms with Crippen molar-refractivity contribution in [2.45, 2.75) is 31.8 Å². The Hall–Kier alpha value is -2.27. The summed E-state index contributed by atoms with van der Waals surface area (Å²) < 4.78 is 0. The van der Waals surface area contributed by atoms with E-state index in [2.05, 4.69) is 17.4 Å². The molecule has 0 aromatic heterocycles. The lowest BCUT2D eigenvalue weighted by Gasteiger charge is -2.39. The fourth-order valence-corrected chi connectivity index (χ4v) is 3.51. The number of benzene rings is 2. The van der Waals surface area contributed by atoms with Crippen molar-refractivity contribution in [2.75, 3.05) is 0 Å². The molecule has 0 unspecified atom stereocenters. The zero-order valence-electron chi connectivity index (χ0n) is 13.9. The van der Waals surface area contributed by atoms with Crippen LogP contribution in [0.4, 0.5) is 4.79 Å². The molecule has 0 aliphatic carbocycles. The standard InChI is InChI=1S/C19H21N3OS/c1-19(2)21-17(24-14-16-11-7-4-8-12-16)20-18(23)22(19)13-15-9-5-3-6-10-15/h3-12H,13-14H2,1-2H3,(H,20,21,23). The Morgan fingerprint density at radius 1 is 1.00 bits per heavy atom. The molecule has 2 aromatic carbocycles. The summed E-state index contributed by atoms with van der Waals surface area (Å²) in [4.78, 5) is 19.0. The summed E-state index contributed by atoms with van der Waals surface area (Å²) in [5.74, 6) is 0.786. The van der Waals surface area contributed by atoms with Crippen LogP contribution in [0, 0.1) is 0 Å². The van der Waals surface area contributed by atoms with E-state index in [1.54, 1.807) is 16.7 Å². The second-order valence-corrected chi connectivity index (χ2v) is 7.15. The van der Waals surface area contributed by atoms with E-state index in [0.29, 0.717) is 11.7 Å². The first-order valence-corrected chi connectivity index (χ1v) is 8.92. The third-order valence-electron chi connectivity index (χ3n) is 3.90. The molecule has 1 heterocycles. The number of hydrogen-bond donors (Lipinski definition) is 1. The molecule has 2 aromatic rings. The molecule has 1 aliphatic rings. The summed E-state index contributed by atoms with van der Waals surface area (Å²) in [6.07, 6.45) is 0. The maximum Gasteiger partial charge on any atom is 0.325 e. The second-order valence-electron chi connectivity index (χ2n) is 6.19. The minimum Gasteiger partial charge on any atom is -0.296 e. The molecule has 0 radical (unpaired) electrons. The Morgan fingerprint density at radius 3 is 2.17 bits per heavy atom. The first-order chi connectivity index (χ1) is 11.5. The molecule has 0 atom stereocenters. The van der Waals surface area contributed by atoms with E-state index in [0.717, 1.165) is 11.3 Å². The zero-order valence-corrected chi connectivity index (χ0v) is 14.7. The Kier molecular flexibility index (Phi) is 4.90. The molecule has 5 heteroatoms. The highest BCUT2D eigenvalue weighted by atomic mass is 32.2. The first-order valence-electron chi connectivity index (χ1n) is 7.94. The van der Waals surface area contributed by atoms with Crippen LogP contribution in [0.15, 0.2) is 65.7 Å². The molecule has 0 spiro atoms. The molecule has 3 rings (SSSR count).